The third-order valence-corrected chi connectivity index (χ3v) is 2.46. The van der Waals surface area contributed by atoms with E-state index in [-0.39, 0.29) is 17.3 Å². The summed E-state index contributed by atoms with van der Waals surface area (Å²) in [6.07, 6.45) is -3.35. The molecule has 2 heterocycles. The Labute approximate surface area is 100 Å². The summed E-state index contributed by atoms with van der Waals surface area (Å²) in [5.41, 5.74) is 5.74. The van der Waals surface area contributed by atoms with Crippen LogP contribution in [0.3, 0.4) is 0 Å². The minimum absolute atomic E-state index is 0.0344. The lowest BCUT2D eigenvalue weighted by atomic mass is 10.3. The molecule has 0 saturated heterocycles. The average Bonchev–Trinajstić information content (AvgIpc) is 2.75. The van der Waals surface area contributed by atoms with E-state index in [2.05, 4.69) is 15.2 Å². The van der Waals surface area contributed by atoms with E-state index in [0.29, 0.717) is 0 Å². The zero-order valence-electron chi connectivity index (χ0n) is 9.39. The number of nitrogens with zero attached hydrogens (tertiary/aromatic N) is 4. The van der Waals surface area contributed by atoms with Crippen molar-refractivity contribution >= 4 is 5.82 Å². The maximum absolute atomic E-state index is 12.7. The standard InChI is InChI=1S/C10H10F3N5/c1-6(10(11,12)13)18-5-15-17-9(18)7-3-2-4-8(14)16-7/h2-6H,1H3,(H2,14,16). The van der Waals surface area contributed by atoms with Gasteiger partial charge < -0.3 is 10.3 Å². The molecule has 5 nitrogen and oxygen atoms in total. The Hall–Kier alpha value is -2.12. The third-order valence-electron chi connectivity index (χ3n) is 2.46. The van der Waals surface area contributed by atoms with Gasteiger partial charge in [-0.2, -0.15) is 13.2 Å². The van der Waals surface area contributed by atoms with E-state index in [1.165, 1.54) is 12.1 Å². The lowest BCUT2D eigenvalue weighted by Crippen LogP contribution is -2.24. The number of hydrogen-bond donors (Lipinski definition) is 1. The van der Waals surface area contributed by atoms with Crippen LogP contribution in [-0.4, -0.2) is 25.9 Å². The van der Waals surface area contributed by atoms with Gasteiger partial charge in [0.15, 0.2) is 5.82 Å². The molecule has 0 aliphatic heterocycles. The fraction of sp³-hybridized carbons (Fsp3) is 0.300. The summed E-state index contributed by atoms with van der Waals surface area (Å²) < 4.78 is 38.9. The largest absolute Gasteiger partial charge is 0.408 e. The van der Waals surface area contributed by atoms with Gasteiger partial charge in [-0.1, -0.05) is 6.07 Å². The van der Waals surface area contributed by atoms with Gasteiger partial charge in [0.1, 0.15) is 23.9 Å². The number of anilines is 1. The molecule has 0 aliphatic rings. The highest BCUT2D eigenvalue weighted by atomic mass is 19.4. The van der Waals surface area contributed by atoms with Gasteiger partial charge >= 0.3 is 6.18 Å². The number of hydrogen-bond acceptors (Lipinski definition) is 4. The van der Waals surface area contributed by atoms with Gasteiger partial charge in [0.2, 0.25) is 0 Å². The van der Waals surface area contributed by atoms with Crippen LogP contribution in [0.1, 0.15) is 13.0 Å². The van der Waals surface area contributed by atoms with Gasteiger partial charge in [-0.25, -0.2) is 4.98 Å². The van der Waals surface area contributed by atoms with Crippen LogP contribution in [0.5, 0.6) is 0 Å². The minimum atomic E-state index is -4.38. The maximum atomic E-state index is 12.7. The zero-order chi connectivity index (χ0) is 13.3. The molecule has 0 spiro atoms. The molecule has 2 N–H and O–H groups in total. The first-order chi connectivity index (χ1) is 8.39. The number of halogens is 3. The molecule has 0 bridgehead atoms. The summed E-state index contributed by atoms with van der Waals surface area (Å²) >= 11 is 0. The summed E-state index contributed by atoms with van der Waals surface area (Å²) in [4.78, 5) is 3.93. The summed E-state index contributed by atoms with van der Waals surface area (Å²) in [5.74, 6) is 0.244. The molecule has 96 valence electrons. The van der Waals surface area contributed by atoms with Gasteiger partial charge in [0.05, 0.1) is 0 Å². The van der Waals surface area contributed by atoms with Crippen molar-refractivity contribution in [2.24, 2.45) is 0 Å². The zero-order valence-corrected chi connectivity index (χ0v) is 9.39. The second kappa shape index (κ2) is 4.28. The molecule has 0 saturated carbocycles. The van der Waals surface area contributed by atoms with Crippen LogP contribution < -0.4 is 5.73 Å². The summed E-state index contributed by atoms with van der Waals surface area (Å²) in [7, 11) is 0. The van der Waals surface area contributed by atoms with Gasteiger partial charge in [-0.3, -0.25) is 0 Å². The SMILES string of the molecule is CC(n1cnnc1-c1cccc(N)n1)C(F)(F)F. The van der Waals surface area contributed by atoms with Crippen molar-refractivity contribution in [2.75, 3.05) is 5.73 Å². The Morgan fingerprint density at radius 2 is 2.06 bits per heavy atom. The quantitative estimate of drug-likeness (QED) is 0.893. The molecule has 18 heavy (non-hydrogen) atoms. The van der Waals surface area contributed by atoms with Crippen molar-refractivity contribution in [2.45, 2.75) is 19.1 Å². The highest BCUT2D eigenvalue weighted by Crippen LogP contribution is 2.32. The predicted octanol–water partition coefficient (Wildman–Crippen LogP) is 2.05. The first-order valence-corrected chi connectivity index (χ1v) is 5.08. The van der Waals surface area contributed by atoms with Crippen LogP contribution in [-0.2, 0) is 0 Å². The van der Waals surface area contributed by atoms with Crippen LogP contribution in [0.25, 0.3) is 11.5 Å². The van der Waals surface area contributed by atoms with Crippen molar-refractivity contribution in [1.29, 1.82) is 0 Å². The van der Waals surface area contributed by atoms with Gasteiger partial charge in [0, 0.05) is 0 Å². The summed E-state index contributed by atoms with van der Waals surface area (Å²) in [6, 6.07) is 2.93. The topological polar surface area (TPSA) is 69.6 Å². The first-order valence-electron chi connectivity index (χ1n) is 5.08. The summed E-state index contributed by atoms with van der Waals surface area (Å²) in [5, 5.41) is 7.15. The number of alkyl halides is 3. The molecule has 2 aromatic rings. The van der Waals surface area contributed by atoms with Crippen LogP contribution in [0.2, 0.25) is 0 Å². The molecule has 1 unspecified atom stereocenters. The van der Waals surface area contributed by atoms with E-state index in [4.69, 9.17) is 5.73 Å². The molecule has 1 atom stereocenters. The maximum Gasteiger partial charge on any atom is 0.408 e. The van der Waals surface area contributed by atoms with Gasteiger partial charge in [0.25, 0.3) is 0 Å². The van der Waals surface area contributed by atoms with Crippen LogP contribution in [0, 0.1) is 0 Å². The number of pyridine rings is 1. The van der Waals surface area contributed by atoms with Crippen molar-refractivity contribution in [1.82, 2.24) is 19.7 Å². The third kappa shape index (κ3) is 2.27. The van der Waals surface area contributed by atoms with Gasteiger partial charge in [-0.05, 0) is 19.1 Å². The number of aromatic nitrogens is 4. The van der Waals surface area contributed by atoms with Crippen LogP contribution in [0.15, 0.2) is 24.5 Å². The van der Waals surface area contributed by atoms with Crippen LogP contribution in [0.4, 0.5) is 19.0 Å². The smallest absolute Gasteiger partial charge is 0.384 e. The Bertz CT molecular complexity index is 548. The number of nitrogens with two attached hydrogens (primary N) is 1. The molecule has 0 amide bonds. The molecule has 0 radical (unpaired) electrons. The monoisotopic (exact) mass is 257 g/mol. The second-order valence-electron chi connectivity index (χ2n) is 3.73. The highest BCUT2D eigenvalue weighted by molar-refractivity contribution is 5.52. The van der Waals surface area contributed by atoms with E-state index >= 15 is 0 Å². The summed E-state index contributed by atoms with van der Waals surface area (Å²) in [6.45, 7) is 1.03. The highest BCUT2D eigenvalue weighted by Gasteiger charge is 2.38. The molecule has 0 fully saturated rings. The minimum Gasteiger partial charge on any atom is -0.384 e. The molecular formula is C10H10F3N5. The first kappa shape index (κ1) is 12.3. The van der Waals surface area contributed by atoms with Crippen molar-refractivity contribution in [3.63, 3.8) is 0 Å². The molecular weight excluding hydrogens is 247 g/mol. The van der Waals surface area contributed by atoms with E-state index in [9.17, 15) is 13.2 Å². The van der Waals surface area contributed by atoms with E-state index in [1.807, 2.05) is 0 Å². The molecule has 0 aliphatic carbocycles. The molecule has 0 aromatic carbocycles. The molecule has 2 rings (SSSR count). The van der Waals surface area contributed by atoms with E-state index < -0.39 is 12.2 Å². The van der Waals surface area contributed by atoms with Crippen molar-refractivity contribution < 1.29 is 13.2 Å². The normalized spacial score (nSPS) is 13.6. The van der Waals surface area contributed by atoms with Crippen molar-refractivity contribution in [3.8, 4) is 11.5 Å². The Morgan fingerprint density at radius 1 is 1.33 bits per heavy atom. The lowest BCUT2D eigenvalue weighted by Gasteiger charge is -2.18. The Kier molecular flexibility index (Phi) is 2.93. The number of nitrogen functional groups attached to an aromatic ring is 1. The fourth-order valence-electron chi connectivity index (χ4n) is 1.44. The molecule has 8 heteroatoms. The predicted molar refractivity (Wildman–Crippen MR) is 58.4 cm³/mol. The molecule has 2 aromatic heterocycles. The van der Waals surface area contributed by atoms with E-state index in [0.717, 1.165) is 17.8 Å². The van der Waals surface area contributed by atoms with Crippen molar-refractivity contribution in [3.05, 3.63) is 24.5 Å². The Morgan fingerprint density at radius 3 is 2.67 bits per heavy atom. The van der Waals surface area contributed by atoms with Crippen LogP contribution >= 0.6 is 0 Å². The van der Waals surface area contributed by atoms with Gasteiger partial charge in [-0.15, -0.1) is 10.2 Å². The van der Waals surface area contributed by atoms with E-state index in [1.54, 1.807) is 6.07 Å². The average molecular weight is 257 g/mol. The second-order valence-corrected chi connectivity index (χ2v) is 3.73. The Balaban J connectivity index is 2.45. The number of rotatable bonds is 2. The lowest BCUT2D eigenvalue weighted by molar-refractivity contribution is -0.162. The fourth-order valence-corrected chi connectivity index (χ4v) is 1.44.